The molecule has 110 valence electrons. The fraction of sp³-hybridized carbons (Fsp3) is 0.533. The maximum absolute atomic E-state index is 12.2. The Morgan fingerprint density at radius 3 is 2.75 bits per heavy atom. The highest BCUT2D eigenvalue weighted by Crippen LogP contribution is 2.26. The van der Waals surface area contributed by atoms with Crippen molar-refractivity contribution in [3.8, 4) is 5.75 Å². The van der Waals surface area contributed by atoms with Gasteiger partial charge in [-0.05, 0) is 24.1 Å². The molecule has 4 nitrogen and oxygen atoms in total. The maximum Gasteiger partial charge on any atom is 0.239 e. The molecule has 1 aliphatic rings. The van der Waals surface area contributed by atoms with E-state index in [1.807, 2.05) is 30.1 Å². The Morgan fingerprint density at radius 1 is 1.40 bits per heavy atom. The van der Waals surface area contributed by atoms with Crippen molar-refractivity contribution in [2.45, 2.75) is 25.9 Å². The molecular formula is C15H21ClN2O2. The lowest BCUT2D eigenvalue weighted by Crippen LogP contribution is -2.54. The molecule has 1 atom stereocenters. The SMILES string of the molecule is CCC1C(=O)N(C)CCN1Cc1ccc(OC)c(Cl)c1. The van der Waals surface area contributed by atoms with Crippen molar-refractivity contribution in [3.05, 3.63) is 28.8 Å². The third kappa shape index (κ3) is 3.07. The molecule has 1 amide bonds. The molecule has 20 heavy (non-hydrogen) atoms. The molecule has 0 radical (unpaired) electrons. The first-order valence-electron chi connectivity index (χ1n) is 6.88. The van der Waals surface area contributed by atoms with Gasteiger partial charge in [-0.25, -0.2) is 0 Å². The van der Waals surface area contributed by atoms with Gasteiger partial charge in [0.2, 0.25) is 5.91 Å². The molecule has 0 N–H and O–H groups in total. The summed E-state index contributed by atoms with van der Waals surface area (Å²) >= 11 is 6.15. The van der Waals surface area contributed by atoms with Gasteiger partial charge in [0.05, 0.1) is 18.2 Å². The number of hydrogen-bond donors (Lipinski definition) is 0. The number of benzene rings is 1. The largest absolute Gasteiger partial charge is 0.495 e. The highest BCUT2D eigenvalue weighted by molar-refractivity contribution is 6.32. The van der Waals surface area contributed by atoms with Crippen LogP contribution < -0.4 is 4.74 Å². The number of carbonyl (C=O) groups excluding carboxylic acids is 1. The van der Waals surface area contributed by atoms with Crippen LogP contribution in [0.1, 0.15) is 18.9 Å². The monoisotopic (exact) mass is 296 g/mol. The van der Waals surface area contributed by atoms with Crippen molar-refractivity contribution in [1.29, 1.82) is 0 Å². The van der Waals surface area contributed by atoms with Crippen molar-refractivity contribution in [1.82, 2.24) is 9.80 Å². The predicted molar refractivity (Wildman–Crippen MR) is 80.1 cm³/mol. The van der Waals surface area contributed by atoms with E-state index in [0.717, 1.165) is 31.6 Å². The summed E-state index contributed by atoms with van der Waals surface area (Å²) in [5, 5.41) is 0.610. The second-order valence-corrected chi connectivity index (χ2v) is 5.53. The Balaban J connectivity index is 2.12. The second-order valence-electron chi connectivity index (χ2n) is 5.12. The third-order valence-corrected chi connectivity index (χ3v) is 4.11. The zero-order valence-electron chi connectivity index (χ0n) is 12.2. The van der Waals surface area contributed by atoms with Crippen LogP contribution >= 0.6 is 11.6 Å². The lowest BCUT2D eigenvalue weighted by Gasteiger charge is -2.38. The number of nitrogens with zero attached hydrogens (tertiary/aromatic N) is 2. The highest BCUT2D eigenvalue weighted by Gasteiger charge is 2.31. The molecule has 0 aromatic heterocycles. The number of likely N-dealkylation sites (N-methyl/N-ethyl adjacent to an activating group) is 1. The molecule has 0 spiro atoms. The second kappa shape index (κ2) is 6.46. The van der Waals surface area contributed by atoms with Gasteiger partial charge in [-0.2, -0.15) is 0 Å². The fourth-order valence-electron chi connectivity index (χ4n) is 2.62. The fourth-order valence-corrected chi connectivity index (χ4v) is 2.90. The Bertz CT molecular complexity index is 493. The average molecular weight is 297 g/mol. The first-order valence-corrected chi connectivity index (χ1v) is 7.26. The van der Waals surface area contributed by atoms with Gasteiger partial charge in [-0.3, -0.25) is 9.69 Å². The van der Waals surface area contributed by atoms with E-state index in [1.165, 1.54) is 0 Å². The summed E-state index contributed by atoms with van der Waals surface area (Å²) < 4.78 is 5.16. The molecule has 1 aromatic carbocycles. The zero-order chi connectivity index (χ0) is 14.7. The van der Waals surface area contributed by atoms with Crippen LogP contribution in [0.15, 0.2) is 18.2 Å². The molecule has 1 saturated heterocycles. The van der Waals surface area contributed by atoms with E-state index in [4.69, 9.17) is 16.3 Å². The molecule has 1 heterocycles. The van der Waals surface area contributed by atoms with Gasteiger partial charge in [-0.15, -0.1) is 0 Å². The van der Waals surface area contributed by atoms with Crippen LogP contribution in [0, 0.1) is 0 Å². The molecule has 1 unspecified atom stereocenters. The molecule has 0 saturated carbocycles. The van der Waals surface area contributed by atoms with E-state index in [0.29, 0.717) is 10.8 Å². The van der Waals surface area contributed by atoms with E-state index < -0.39 is 0 Å². The number of rotatable bonds is 4. The lowest BCUT2D eigenvalue weighted by atomic mass is 10.1. The summed E-state index contributed by atoms with van der Waals surface area (Å²) in [6, 6.07) is 5.75. The number of amides is 1. The minimum atomic E-state index is -0.0328. The van der Waals surface area contributed by atoms with Gasteiger partial charge in [0.1, 0.15) is 5.75 Å². The van der Waals surface area contributed by atoms with E-state index in [9.17, 15) is 4.79 Å². The minimum Gasteiger partial charge on any atom is -0.495 e. The van der Waals surface area contributed by atoms with Gasteiger partial charge < -0.3 is 9.64 Å². The van der Waals surface area contributed by atoms with Crippen molar-refractivity contribution < 1.29 is 9.53 Å². The number of methoxy groups -OCH3 is 1. The first kappa shape index (κ1) is 15.1. The minimum absolute atomic E-state index is 0.0328. The molecule has 1 fully saturated rings. The predicted octanol–water partition coefficient (Wildman–Crippen LogP) is 2.40. The number of ether oxygens (including phenoxy) is 1. The zero-order valence-corrected chi connectivity index (χ0v) is 13.0. The normalized spacial score (nSPS) is 20.3. The van der Waals surface area contributed by atoms with Crippen molar-refractivity contribution in [2.24, 2.45) is 0 Å². The Hall–Kier alpha value is -1.26. The first-order chi connectivity index (χ1) is 9.56. The number of piperazine rings is 1. The van der Waals surface area contributed by atoms with E-state index in [1.54, 1.807) is 7.11 Å². The average Bonchev–Trinajstić information content (AvgIpc) is 2.43. The smallest absolute Gasteiger partial charge is 0.239 e. The van der Waals surface area contributed by atoms with Gasteiger partial charge in [0.15, 0.2) is 0 Å². The van der Waals surface area contributed by atoms with Crippen LogP contribution in [-0.2, 0) is 11.3 Å². The lowest BCUT2D eigenvalue weighted by molar-refractivity contribution is -0.140. The van der Waals surface area contributed by atoms with E-state index in [2.05, 4.69) is 11.8 Å². The highest BCUT2D eigenvalue weighted by atomic mass is 35.5. The van der Waals surface area contributed by atoms with E-state index >= 15 is 0 Å². The Morgan fingerprint density at radius 2 is 2.15 bits per heavy atom. The summed E-state index contributed by atoms with van der Waals surface area (Å²) in [7, 11) is 3.47. The van der Waals surface area contributed by atoms with Gasteiger partial charge in [-0.1, -0.05) is 24.6 Å². The topological polar surface area (TPSA) is 32.8 Å². The number of carbonyl (C=O) groups is 1. The summed E-state index contributed by atoms with van der Waals surface area (Å²) in [5.74, 6) is 0.885. The summed E-state index contributed by atoms with van der Waals surface area (Å²) in [5.41, 5.74) is 1.10. The molecule has 5 heteroatoms. The number of halogens is 1. The Kier molecular flexibility index (Phi) is 4.89. The quantitative estimate of drug-likeness (QED) is 0.855. The molecule has 1 aromatic rings. The number of hydrogen-bond acceptors (Lipinski definition) is 3. The van der Waals surface area contributed by atoms with Gasteiger partial charge in [0.25, 0.3) is 0 Å². The van der Waals surface area contributed by atoms with Crippen LogP contribution in [0.25, 0.3) is 0 Å². The van der Waals surface area contributed by atoms with Gasteiger partial charge >= 0.3 is 0 Å². The van der Waals surface area contributed by atoms with Gasteiger partial charge in [0, 0.05) is 26.7 Å². The maximum atomic E-state index is 12.2. The van der Waals surface area contributed by atoms with Crippen LogP contribution in [0.5, 0.6) is 5.75 Å². The summed E-state index contributed by atoms with van der Waals surface area (Å²) in [6.07, 6.45) is 0.826. The summed E-state index contributed by atoms with van der Waals surface area (Å²) in [6.45, 7) is 4.46. The summed E-state index contributed by atoms with van der Waals surface area (Å²) in [4.78, 5) is 16.2. The van der Waals surface area contributed by atoms with E-state index in [-0.39, 0.29) is 11.9 Å². The molecular weight excluding hydrogens is 276 g/mol. The van der Waals surface area contributed by atoms with Crippen molar-refractivity contribution in [3.63, 3.8) is 0 Å². The third-order valence-electron chi connectivity index (χ3n) is 3.81. The van der Waals surface area contributed by atoms with Crippen LogP contribution in [0.2, 0.25) is 5.02 Å². The van der Waals surface area contributed by atoms with Crippen molar-refractivity contribution >= 4 is 17.5 Å². The van der Waals surface area contributed by atoms with Crippen LogP contribution in [-0.4, -0.2) is 49.0 Å². The van der Waals surface area contributed by atoms with Crippen molar-refractivity contribution in [2.75, 3.05) is 27.2 Å². The Labute approximate surface area is 125 Å². The standard InChI is InChI=1S/C15H21ClN2O2/c1-4-13-15(19)17(2)7-8-18(13)10-11-5-6-14(20-3)12(16)9-11/h5-6,9,13H,4,7-8,10H2,1-3H3. The molecule has 2 rings (SSSR count). The van der Waals surface area contributed by atoms with Crippen LogP contribution in [0.4, 0.5) is 0 Å². The molecule has 1 aliphatic heterocycles. The van der Waals surface area contributed by atoms with Crippen LogP contribution in [0.3, 0.4) is 0 Å². The molecule has 0 aliphatic carbocycles. The molecule has 0 bridgehead atoms.